The number of methoxy groups -OCH3 is 1. The SMILES string of the molecule is C=Cc1cnc(N2CC(C)(OC)C2)nc1C(=O)OCC. The fourth-order valence-corrected chi connectivity index (χ4v) is 2.08. The molecule has 0 saturated carbocycles. The highest BCUT2D eigenvalue weighted by Crippen LogP contribution is 2.27. The van der Waals surface area contributed by atoms with Gasteiger partial charge in [-0.05, 0) is 13.8 Å². The van der Waals surface area contributed by atoms with Crippen molar-refractivity contribution in [3.05, 3.63) is 24.0 Å². The first-order valence-corrected chi connectivity index (χ1v) is 6.49. The second-order valence-corrected chi connectivity index (χ2v) is 4.91. The van der Waals surface area contributed by atoms with Gasteiger partial charge in [0.15, 0.2) is 5.69 Å². The standard InChI is InChI=1S/C14H19N3O3/c1-5-10-7-15-13(16-11(10)12(18)20-6-2)17-8-14(3,9-17)19-4/h5,7H,1,6,8-9H2,2-4H3. The summed E-state index contributed by atoms with van der Waals surface area (Å²) in [5.41, 5.74) is 0.644. The Morgan fingerprint density at radius 2 is 2.30 bits per heavy atom. The van der Waals surface area contributed by atoms with E-state index in [-0.39, 0.29) is 11.3 Å². The topological polar surface area (TPSA) is 64.5 Å². The molecule has 1 aromatic heterocycles. The number of nitrogens with zero attached hydrogens (tertiary/aromatic N) is 3. The number of carbonyl (C=O) groups is 1. The van der Waals surface area contributed by atoms with Crippen LogP contribution in [0.5, 0.6) is 0 Å². The molecule has 20 heavy (non-hydrogen) atoms. The second kappa shape index (κ2) is 5.58. The second-order valence-electron chi connectivity index (χ2n) is 4.91. The quantitative estimate of drug-likeness (QED) is 0.760. The maximum absolute atomic E-state index is 11.9. The molecule has 1 fully saturated rings. The van der Waals surface area contributed by atoms with Crippen LogP contribution in [-0.2, 0) is 9.47 Å². The zero-order valence-corrected chi connectivity index (χ0v) is 12.0. The largest absolute Gasteiger partial charge is 0.461 e. The van der Waals surface area contributed by atoms with E-state index >= 15 is 0 Å². The monoisotopic (exact) mass is 277 g/mol. The molecule has 0 radical (unpaired) electrons. The van der Waals surface area contributed by atoms with Gasteiger partial charge in [-0.2, -0.15) is 0 Å². The van der Waals surface area contributed by atoms with Crippen LogP contribution in [0.15, 0.2) is 12.8 Å². The van der Waals surface area contributed by atoms with Gasteiger partial charge in [-0.3, -0.25) is 0 Å². The zero-order chi connectivity index (χ0) is 14.8. The summed E-state index contributed by atoms with van der Waals surface area (Å²) in [7, 11) is 1.68. The minimum Gasteiger partial charge on any atom is -0.461 e. The first-order valence-electron chi connectivity index (χ1n) is 6.49. The molecule has 108 valence electrons. The van der Waals surface area contributed by atoms with E-state index in [1.165, 1.54) is 0 Å². The number of aromatic nitrogens is 2. The van der Waals surface area contributed by atoms with Crippen LogP contribution in [0.1, 0.15) is 29.9 Å². The highest BCUT2D eigenvalue weighted by Gasteiger charge is 2.40. The molecule has 6 nitrogen and oxygen atoms in total. The van der Waals surface area contributed by atoms with Gasteiger partial charge in [0.25, 0.3) is 0 Å². The van der Waals surface area contributed by atoms with E-state index in [1.54, 1.807) is 26.3 Å². The van der Waals surface area contributed by atoms with E-state index < -0.39 is 5.97 Å². The lowest BCUT2D eigenvalue weighted by molar-refractivity contribution is -0.0175. The van der Waals surface area contributed by atoms with Crippen molar-refractivity contribution in [3.8, 4) is 0 Å². The van der Waals surface area contributed by atoms with Gasteiger partial charge < -0.3 is 14.4 Å². The van der Waals surface area contributed by atoms with Crippen LogP contribution in [0.4, 0.5) is 5.95 Å². The molecule has 0 N–H and O–H groups in total. The third kappa shape index (κ3) is 2.65. The first kappa shape index (κ1) is 14.5. The molecule has 1 saturated heterocycles. The number of ether oxygens (including phenoxy) is 2. The number of esters is 1. The highest BCUT2D eigenvalue weighted by atomic mass is 16.5. The third-order valence-corrected chi connectivity index (χ3v) is 3.32. The molecular weight excluding hydrogens is 258 g/mol. The minimum absolute atomic E-state index is 0.176. The Balaban J connectivity index is 2.22. The molecule has 0 aliphatic carbocycles. The predicted molar refractivity (Wildman–Crippen MR) is 75.7 cm³/mol. The van der Waals surface area contributed by atoms with Crippen molar-refractivity contribution in [3.63, 3.8) is 0 Å². The molecule has 6 heteroatoms. The maximum atomic E-state index is 11.9. The molecule has 0 unspecified atom stereocenters. The van der Waals surface area contributed by atoms with Crippen LogP contribution in [0.25, 0.3) is 6.08 Å². The van der Waals surface area contributed by atoms with Crippen molar-refractivity contribution >= 4 is 18.0 Å². The Bertz CT molecular complexity index is 524. The van der Waals surface area contributed by atoms with Crippen LogP contribution in [0, 0.1) is 0 Å². The molecule has 1 aliphatic rings. The molecular formula is C14H19N3O3. The fourth-order valence-electron chi connectivity index (χ4n) is 2.08. The summed E-state index contributed by atoms with van der Waals surface area (Å²) in [5, 5.41) is 0. The molecule has 1 aromatic rings. The molecule has 0 spiro atoms. The number of hydrogen-bond acceptors (Lipinski definition) is 6. The van der Waals surface area contributed by atoms with Gasteiger partial charge in [-0.1, -0.05) is 12.7 Å². The molecule has 0 amide bonds. The van der Waals surface area contributed by atoms with Crippen LogP contribution >= 0.6 is 0 Å². The van der Waals surface area contributed by atoms with Gasteiger partial charge in [0.2, 0.25) is 5.95 Å². The van der Waals surface area contributed by atoms with Crippen LogP contribution in [0.2, 0.25) is 0 Å². The van der Waals surface area contributed by atoms with Gasteiger partial charge in [0.1, 0.15) is 5.60 Å². The number of anilines is 1. The van der Waals surface area contributed by atoms with Gasteiger partial charge in [-0.25, -0.2) is 14.8 Å². The number of rotatable bonds is 5. The lowest BCUT2D eigenvalue weighted by Crippen LogP contribution is -2.61. The third-order valence-electron chi connectivity index (χ3n) is 3.32. The summed E-state index contributed by atoms with van der Waals surface area (Å²) >= 11 is 0. The molecule has 0 bridgehead atoms. The number of carbonyl (C=O) groups excluding carboxylic acids is 1. The van der Waals surface area contributed by atoms with E-state index in [9.17, 15) is 4.79 Å². The number of hydrogen-bond donors (Lipinski definition) is 0. The smallest absolute Gasteiger partial charge is 0.357 e. The minimum atomic E-state index is -0.457. The zero-order valence-electron chi connectivity index (χ0n) is 12.0. The van der Waals surface area contributed by atoms with Gasteiger partial charge >= 0.3 is 5.97 Å². The van der Waals surface area contributed by atoms with E-state index in [0.29, 0.717) is 31.2 Å². The highest BCUT2D eigenvalue weighted by molar-refractivity contribution is 5.91. The summed E-state index contributed by atoms with van der Waals surface area (Å²) in [5.74, 6) is 0.0502. The molecule has 2 rings (SSSR count). The van der Waals surface area contributed by atoms with E-state index in [1.807, 2.05) is 11.8 Å². The maximum Gasteiger partial charge on any atom is 0.357 e. The van der Waals surface area contributed by atoms with Gasteiger partial charge in [0, 0.05) is 18.9 Å². The first-order chi connectivity index (χ1) is 9.53. The molecule has 2 heterocycles. The van der Waals surface area contributed by atoms with Crippen molar-refractivity contribution in [1.29, 1.82) is 0 Å². The van der Waals surface area contributed by atoms with Crippen molar-refractivity contribution in [2.45, 2.75) is 19.4 Å². The predicted octanol–water partition coefficient (Wildman–Crippen LogP) is 1.52. The van der Waals surface area contributed by atoms with E-state index in [0.717, 1.165) is 0 Å². The van der Waals surface area contributed by atoms with E-state index in [4.69, 9.17) is 9.47 Å². The molecule has 0 aromatic carbocycles. The summed E-state index contributed by atoms with van der Waals surface area (Å²) in [6.07, 6.45) is 3.13. The van der Waals surface area contributed by atoms with Crippen LogP contribution in [-0.4, -0.2) is 48.3 Å². The normalized spacial score (nSPS) is 16.4. The average Bonchev–Trinajstić information content (AvgIpc) is 2.43. The van der Waals surface area contributed by atoms with Crippen molar-refractivity contribution in [1.82, 2.24) is 9.97 Å². The Kier molecular flexibility index (Phi) is 4.04. The van der Waals surface area contributed by atoms with Gasteiger partial charge in [0.05, 0.1) is 19.7 Å². The van der Waals surface area contributed by atoms with Crippen molar-refractivity contribution in [2.75, 3.05) is 31.7 Å². The lowest BCUT2D eigenvalue weighted by atomic mass is 9.97. The lowest BCUT2D eigenvalue weighted by Gasteiger charge is -2.46. The van der Waals surface area contributed by atoms with Crippen LogP contribution < -0.4 is 4.90 Å². The summed E-state index contributed by atoms with van der Waals surface area (Å²) in [4.78, 5) is 22.4. The molecule has 0 atom stereocenters. The van der Waals surface area contributed by atoms with Crippen molar-refractivity contribution < 1.29 is 14.3 Å². The van der Waals surface area contributed by atoms with Crippen LogP contribution in [0.3, 0.4) is 0 Å². The Morgan fingerprint density at radius 1 is 1.60 bits per heavy atom. The Labute approximate surface area is 118 Å². The summed E-state index contributed by atoms with van der Waals surface area (Å²) < 4.78 is 10.4. The average molecular weight is 277 g/mol. The summed E-state index contributed by atoms with van der Waals surface area (Å²) in [6, 6.07) is 0. The Hall–Kier alpha value is -1.95. The Morgan fingerprint density at radius 3 is 2.85 bits per heavy atom. The summed E-state index contributed by atoms with van der Waals surface area (Å²) in [6.45, 7) is 9.13. The van der Waals surface area contributed by atoms with Gasteiger partial charge in [-0.15, -0.1) is 0 Å². The molecule has 1 aliphatic heterocycles. The van der Waals surface area contributed by atoms with Crippen molar-refractivity contribution in [2.24, 2.45) is 0 Å². The van der Waals surface area contributed by atoms with E-state index in [2.05, 4.69) is 16.5 Å². The fraction of sp³-hybridized carbons (Fsp3) is 0.500.